The van der Waals surface area contributed by atoms with Gasteiger partial charge in [0.15, 0.2) is 5.15 Å². The van der Waals surface area contributed by atoms with E-state index < -0.39 is 27.8 Å². The lowest BCUT2D eigenvalue weighted by Gasteiger charge is -2.41. The van der Waals surface area contributed by atoms with Gasteiger partial charge < -0.3 is 0 Å². The highest BCUT2D eigenvalue weighted by molar-refractivity contribution is 6.29. The molecule has 0 spiro atoms. The van der Waals surface area contributed by atoms with Gasteiger partial charge in [0.1, 0.15) is 0 Å². The SMILES string of the molecule is CCC1(n2c(=O)[nH]c(Cl)c(F)c2=O)CCC1. The maximum Gasteiger partial charge on any atom is 0.330 e. The molecule has 1 aliphatic carbocycles. The lowest BCUT2D eigenvalue weighted by Crippen LogP contribution is -2.53. The van der Waals surface area contributed by atoms with E-state index in [0.717, 1.165) is 23.8 Å². The molecule has 1 aromatic rings. The van der Waals surface area contributed by atoms with Gasteiger partial charge in [-0.3, -0.25) is 14.3 Å². The number of nitrogens with zero attached hydrogens (tertiary/aromatic N) is 1. The van der Waals surface area contributed by atoms with Crippen molar-refractivity contribution in [1.82, 2.24) is 9.55 Å². The first-order chi connectivity index (χ1) is 7.52. The predicted octanol–water partition coefficient (Wildman–Crippen LogP) is 1.62. The number of rotatable bonds is 2. The van der Waals surface area contributed by atoms with Crippen LogP contribution in [0.25, 0.3) is 0 Å². The average Bonchev–Trinajstić information content (AvgIpc) is 2.18. The maximum absolute atomic E-state index is 13.4. The largest absolute Gasteiger partial charge is 0.330 e. The topological polar surface area (TPSA) is 54.9 Å². The van der Waals surface area contributed by atoms with Crippen molar-refractivity contribution in [1.29, 1.82) is 0 Å². The van der Waals surface area contributed by atoms with Gasteiger partial charge in [-0.2, -0.15) is 4.39 Å². The Kier molecular flexibility index (Phi) is 2.66. The number of hydrogen-bond donors (Lipinski definition) is 1. The fraction of sp³-hybridized carbons (Fsp3) is 0.600. The van der Waals surface area contributed by atoms with Gasteiger partial charge in [0.25, 0.3) is 5.56 Å². The van der Waals surface area contributed by atoms with Crippen LogP contribution in [0.3, 0.4) is 0 Å². The van der Waals surface area contributed by atoms with Crippen LogP contribution < -0.4 is 11.2 Å². The third-order valence-corrected chi connectivity index (χ3v) is 3.68. The number of aromatic nitrogens is 2. The molecule has 0 radical (unpaired) electrons. The molecular weight excluding hydrogens is 235 g/mol. The van der Waals surface area contributed by atoms with Crippen molar-refractivity contribution in [2.75, 3.05) is 0 Å². The van der Waals surface area contributed by atoms with E-state index in [-0.39, 0.29) is 0 Å². The predicted molar refractivity (Wildman–Crippen MR) is 58.4 cm³/mol. The lowest BCUT2D eigenvalue weighted by atomic mass is 9.74. The highest BCUT2D eigenvalue weighted by Gasteiger charge is 2.40. The van der Waals surface area contributed by atoms with Gasteiger partial charge in [-0.1, -0.05) is 18.5 Å². The second-order valence-electron chi connectivity index (χ2n) is 4.13. The molecule has 88 valence electrons. The summed E-state index contributed by atoms with van der Waals surface area (Å²) in [5, 5.41) is -0.517. The van der Waals surface area contributed by atoms with Crippen LogP contribution >= 0.6 is 11.6 Å². The second kappa shape index (κ2) is 3.73. The minimum Gasteiger partial charge on any atom is -0.295 e. The maximum atomic E-state index is 13.4. The molecule has 1 N–H and O–H groups in total. The van der Waals surface area contributed by atoms with Crippen LogP contribution in [-0.2, 0) is 5.54 Å². The standard InChI is InChI=1S/C10H12ClFN2O2/c1-2-10(4-3-5-10)14-8(15)6(12)7(11)13-9(14)16/h2-5H2,1H3,(H,13,16). The van der Waals surface area contributed by atoms with Gasteiger partial charge in [-0.15, -0.1) is 0 Å². The van der Waals surface area contributed by atoms with Crippen molar-refractivity contribution < 1.29 is 4.39 Å². The van der Waals surface area contributed by atoms with E-state index in [1.807, 2.05) is 6.92 Å². The van der Waals surface area contributed by atoms with Gasteiger partial charge in [0.2, 0.25) is 5.82 Å². The first-order valence-corrected chi connectivity index (χ1v) is 5.60. The summed E-state index contributed by atoms with van der Waals surface area (Å²) in [7, 11) is 0. The summed E-state index contributed by atoms with van der Waals surface area (Å²) in [6.07, 6.45) is 3.04. The van der Waals surface area contributed by atoms with Crippen molar-refractivity contribution in [3.05, 3.63) is 31.8 Å². The molecular formula is C10H12ClFN2O2. The lowest BCUT2D eigenvalue weighted by molar-refractivity contribution is 0.122. The Bertz CT molecular complexity index is 525. The van der Waals surface area contributed by atoms with Gasteiger partial charge in [-0.05, 0) is 25.7 Å². The summed E-state index contributed by atoms with van der Waals surface area (Å²) >= 11 is 5.40. The molecule has 0 aliphatic heterocycles. The van der Waals surface area contributed by atoms with E-state index in [0.29, 0.717) is 6.42 Å². The molecule has 0 aromatic carbocycles. The van der Waals surface area contributed by atoms with Crippen LogP contribution in [0.15, 0.2) is 9.59 Å². The van der Waals surface area contributed by atoms with Crippen LogP contribution in [0.2, 0.25) is 5.15 Å². The summed E-state index contributed by atoms with van der Waals surface area (Å²) in [6.45, 7) is 1.89. The Labute approximate surface area is 96.1 Å². The van der Waals surface area contributed by atoms with Crippen molar-refractivity contribution in [2.24, 2.45) is 0 Å². The summed E-state index contributed by atoms with van der Waals surface area (Å²) < 4.78 is 14.3. The van der Waals surface area contributed by atoms with E-state index >= 15 is 0 Å². The number of aromatic amines is 1. The molecule has 1 aliphatic rings. The fourth-order valence-corrected chi connectivity index (χ4v) is 2.40. The molecule has 1 saturated carbocycles. The van der Waals surface area contributed by atoms with Crippen LogP contribution in [0.4, 0.5) is 4.39 Å². The molecule has 0 saturated heterocycles. The number of hydrogen-bond acceptors (Lipinski definition) is 2. The van der Waals surface area contributed by atoms with Gasteiger partial charge in [-0.25, -0.2) is 4.79 Å². The number of H-pyrrole nitrogens is 1. The Hall–Kier alpha value is -1.10. The first-order valence-electron chi connectivity index (χ1n) is 5.22. The van der Waals surface area contributed by atoms with Crippen LogP contribution in [0, 0.1) is 5.82 Å². The van der Waals surface area contributed by atoms with E-state index in [9.17, 15) is 14.0 Å². The molecule has 6 heteroatoms. The van der Waals surface area contributed by atoms with E-state index in [4.69, 9.17) is 11.6 Å². The van der Waals surface area contributed by atoms with Gasteiger partial charge in [0.05, 0.1) is 5.54 Å². The van der Waals surface area contributed by atoms with Crippen LogP contribution in [-0.4, -0.2) is 9.55 Å². The molecule has 0 atom stereocenters. The smallest absolute Gasteiger partial charge is 0.295 e. The molecule has 1 heterocycles. The zero-order chi connectivity index (χ0) is 11.9. The summed E-state index contributed by atoms with van der Waals surface area (Å²) in [6, 6.07) is 0. The van der Waals surface area contributed by atoms with Crippen molar-refractivity contribution in [2.45, 2.75) is 38.1 Å². The molecule has 4 nitrogen and oxygen atoms in total. The average molecular weight is 247 g/mol. The Morgan fingerprint density at radius 3 is 2.56 bits per heavy atom. The van der Waals surface area contributed by atoms with E-state index in [1.54, 1.807) is 0 Å². The fourth-order valence-electron chi connectivity index (χ4n) is 2.24. The van der Waals surface area contributed by atoms with Crippen LogP contribution in [0.5, 0.6) is 0 Å². The van der Waals surface area contributed by atoms with Gasteiger partial charge >= 0.3 is 5.69 Å². The van der Waals surface area contributed by atoms with Crippen molar-refractivity contribution in [3.8, 4) is 0 Å². The molecule has 1 aromatic heterocycles. The third-order valence-electron chi connectivity index (χ3n) is 3.42. The van der Waals surface area contributed by atoms with E-state index in [2.05, 4.69) is 4.98 Å². The molecule has 2 rings (SSSR count). The first kappa shape index (κ1) is 11.4. The highest BCUT2D eigenvalue weighted by atomic mass is 35.5. The molecule has 0 unspecified atom stereocenters. The van der Waals surface area contributed by atoms with Gasteiger partial charge in [0, 0.05) is 0 Å². The molecule has 1 fully saturated rings. The third kappa shape index (κ3) is 1.42. The number of nitrogens with one attached hydrogen (secondary N) is 1. The number of halogens is 2. The summed E-state index contributed by atoms with van der Waals surface area (Å²) in [5.74, 6) is -1.08. The quantitative estimate of drug-likeness (QED) is 0.807. The minimum absolute atomic E-state index is 0.517. The van der Waals surface area contributed by atoms with Crippen molar-refractivity contribution >= 4 is 11.6 Å². The zero-order valence-electron chi connectivity index (χ0n) is 8.85. The summed E-state index contributed by atoms with van der Waals surface area (Å²) in [5.41, 5.74) is -2.07. The molecule has 16 heavy (non-hydrogen) atoms. The molecule has 0 bridgehead atoms. The Morgan fingerprint density at radius 2 is 2.12 bits per heavy atom. The molecule has 0 amide bonds. The highest BCUT2D eigenvalue weighted by Crippen LogP contribution is 2.40. The second-order valence-corrected chi connectivity index (χ2v) is 4.51. The Balaban J connectivity index is 2.70. The van der Waals surface area contributed by atoms with Crippen molar-refractivity contribution in [3.63, 3.8) is 0 Å². The summed E-state index contributed by atoms with van der Waals surface area (Å²) in [4.78, 5) is 25.5. The van der Waals surface area contributed by atoms with E-state index in [1.165, 1.54) is 0 Å². The van der Waals surface area contributed by atoms with Crippen LogP contribution in [0.1, 0.15) is 32.6 Å². The Morgan fingerprint density at radius 1 is 1.50 bits per heavy atom. The zero-order valence-corrected chi connectivity index (χ0v) is 9.60. The normalized spacial score (nSPS) is 18.2. The minimum atomic E-state index is -1.08. The monoisotopic (exact) mass is 246 g/mol.